The molecule has 8 heteroatoms. The molecule has 1 fully saturated rings. The highest BCUT2D eigenvalue weighted by atomic mass is 79.9. The van der Waals surface area contributed by atoms with Gasteiger partial charge in [0.1, 0.15) is 4.32 Å². The van der Waals surface area contributed by atoms with Crippen LogP contribution in [-0.2, 0) is 11.3 Å². The third-order valence-electron chi connectivity index (χ3n) is 3.72. The van der Waals surface area contributed by atoms with Crippen molar-refractivity contribution >= 4 is 56.2 Å². The summed E-state index contributed by atoms with van der Waals surface area (Å²) in [5.41, 5.74) is 1.77. The maximum absolute atomic E-state index is 12.7. The number of hydrogen-bond acceptors (Lipinski definition) is 6. The second-order valence-corrected chi connectivity index (χ2v) is 7.89. The maximum atomic E-state index is 12.7. The van der Waals surface area contributed by atoms with Crippen LogP contribution in [0.3, 0.4) is 0 Å². The fourth-order valence-electron chi connectivity index (χ4n) is 2.50. The minimum atomic E-state index is -0.108. The molecule has 2 aliphatic heterocycles. The minimum Gasteiger partial charge on any atom is -0.454 e. The van der Waals surface area contributed by atoms with E-state index in [9.17, 15) is 4.79 Å². The van der Waals surface area contributed by atoms with E-state index in [1.807, 2.05) is 30.3 Å². The van der Waals surface area contributed by atoms with Crippen molar-refractivity contribution in [1.29, 1.82) is 0 Å². The number of halogens is 1. The number of amides is 1. The van der Waals surface area contributed by atoms with Crippen LogP contribution in [0.15, 0.2) is 46.0 Å². The molecular weight excluding hydrogens is 424 g/mol. The van der Waals surface area contributed by atoms with E-state index in [0.717, 1.165) is 15.6 Å². The molecule has 0 radical (unpaired) electrons. The number of hydrogen-bond donors (Lipinski definition) is 0. The molecule has 1 amide bonds. The van der Waals surface area contributed by atoms with E-state index in [1.165, 1.54) is 11.8 Å². The van der Waals surface area contributed by atoms with Gasteiger partial charge in [-0.15, -0.1) is 0 Å². The Labute approximate surface area is 162 Å². The summed E-state index contributed by atoms with van der Waals surface area (Å²) in [5.74, 6) is 1.25. The quantitative estimate of drug-likeness (QED) is 0.537. The van der Waals surface area contributed by atoms with Crippen molar-refractivity contribution < 1.29 is 14.3 Å². The first-order valence-corrected chi connectivity index (χ1v) is 9.37. The summed E-state index contributed by atoms with van der Waals surface area (Å²) in [7, 11) is 0. The summed E-state index contributed by atoms with van der Waals surface area (Å²) in [4.78, 5) is 19.0. The zero-order valence-corrected chi connectivity index (χ0v) is 16.0. The third kappa shape index (κ3) is 3.29. The summed E-state index contributed by atoms with van der Waals surface area (Å²) < 4.78 is 12.1. The van der Waals surface area contributed by atoms with Crippen molar-refractivity contribution in [3.05, 3.63) is 57.2 Å². The monoisotopic (exact) mass is 434 g/mol. The van der Waals surface area contributed by atoms with Crippen LogP contribution in [-0.4, -0.2) is 26.9 Å². The van der Waals surface area contributed by atoms with E-state index in [2.05, 4.69) is 20.9 Å². The number of thioether (sulfide) groups is 1. The molecule has 0 unspecified atom stereocenters. The lowest BCUT2D eigenvalue weighted by molar-refractivity contribution is -0.122. The normalized spacial score (nSPS) is 17.6. The van der Waals surface area contributed by atoms with Crippen molar-refractivity contribution in [2.45, 2.75) is 6.54 Å². The van der Waals surface area contributed by atoms with Crippen LogP contribution in [0, 0.1) is 0 Å². The number of benzene rings is 1. The van der Waals surface area contributed by atoms with Crippen LogP contribution in [0.2, 0.25) is 0 Å². The molecule has 0 saturated carbocycles. The van der Waals surface area contributed by atoms with E-state index in [1.54, 1.807) is 17.3 Å². The first-order chi connectivity index (χ1) is 12.1. The van der Waals surface area contributed by atoms with Crippen molar-refractivity contribution in [3.8, 4) is 11.5 Å². The van der Waals surface area contributed by atoms with Crippen LogP contribution in [0.25, 0.3) is 6.08 Å². The lowest BCUT2D eigenvalue weighted by Crippen LogP contribution is -2.27. The van der Waals surface area contributed by atoms with E-state index in [-0.39, 0.29) is 12.7 Å². The lowest BCUT2D eigenvalue weighted by Gasteiger charge is -2.13. The van der Waals surface area contributed by atoms with Crippen molar-refractivity contribution in [1.82, 2.24) is 9.88 Å². The Morgan fingerprint density at radius 1 is 1.36 bits per heavy atom. The molecule has 5 nitrogen and oxygen atoms in total. The predicted molar refractivity (Wildman–Crippen MR) is 103 cm³/mol. The zero-order valence-electron chi connectivity index (χ0n) is 12.8. The Balaban J connectivity index is 1.60. The summed E-state index contributed by atoms with van der Waals surface area (Å²) >= 11 is 10.2. The molecule has 1 aromatic carbocycles. The fourth-order valence-corrected chi connectivity index (χ4v) is 4.18. The standard InChI is InChI=1S/C17H11BrN2O3S2/c18-12-6-14-13(22-9-23-14)4-11(12)5-15-16(21)20(17(24)25-15)8-10-2-1-3-19-7-10/h1-7H,8-9H2/b15-5-. The number of carbonyl (C=O) groups is 1. The Bertz CT molecular complexity index is 902. The van der Waals surface area contributed by atoms with Crippen LogP contribution in [0.5, 0.6) is 11.5 Å². The van der Waals surface area contributed by atoms with Gasteiger partial charge in [0, 0.05) is 16.9 Å². The minimum absolute atomic E-state index is 0.108. The van der Waals surface area contributed by atoms with E-state index < -0.39 is 0 Å². The van der Waals surface area contributed by atoms with Crippen molar-refractivity contribution in [2.24, 2.45) is 0 Å². The number of carbonyl (C=O) groups excluding carboxylic acids is 1. The van der Waals surface area contributed by atoms with Gasteiger partial charge in [0.05, 0.1) is 11.4 Å². The second-order valence-electron chi connectivity index (χ2n) is 5.36. The highest BCUT2D eigenvalue weighted by Crippen LogP contribution is 2.40. The molecule has 0 aliphatic carbocycles. The number of aromatic nitrogens is 1. The summed E-state index contributed by atoms with van der Waals surface area (Å²) in [6, 6.07) is 7.45. The van der Waals surface area contributed by atoms with Gasteiger partial charge in [-0.05, 0) is 35.4 Å². The molecule has 0 N–H and O–H groups in total. The van der Waals surface area contributed by atoms with Gasteiger partial charge in [-0.25, -0.2) is 0 Å². The smallest absolute Gasteiger partial charge is 0.266 e. The number of thiocarbonyl (C=S) groups is 1. The summed E-state index contributed by atoms with van der Waals surface area (Å²) in [5, 5.41) is 0. The number of fused-ring (bicyclic) bond motifs is 1. The van der Waals surface area contributed by atoms with Gasteiger partial charge in [-0.2, -0.15) is 0 Å². The molecule has 4 rings (SSSR count). The summed E-state index contributed by atoms with van der Waals surface area (Å²) in [6.07, 6.45) is 5.25. The molecule has 2 aliphatic rings. The van der Waals surface area contributed by atoms with Crippen molar-refractivity contribution in [3.63, 3.8) is 0 Å². The third-order valence-corrected chi connectivity index (χ3v) is 5.78. The number of rotatable bonds is 3. The second kappa shape index (κ2) is 6.78. The first-order valence-electron chi connectivity index (χ1n) is 7.35. The molecule has 3 heterocycles. The first kappa shape index (κ1) is 16.6. The average molecular weight is 435 g/mol. The van der Waals surface area contributed by atoms with Gasteiger partial charge in [0.25, 0.3) is 5.91 Å². The van der Waals surface area contributed by atoms with Gasteiger partial charge in [0.2, 0.25) is 6.79 Å². The van der Waals surface area contributed by atoms with E-state index in [4.69, 9.17) is 21.7 Å². The van der Waals surface area contributed by atoms with Gasteiger partial charge < -0.3 is 9.47 Å². The van der Waals surface area contributed by atoms with Crippen molar-refractivity contribution in [2.75, 3.05) is 6.79 Å². The molecule has 1 saturated heterocycles. The van der Waals surface area contributed by atoms with Gasteiger partial charge in [0.15, 0.2) is 11.5 Å². The predicted octanol–water partition coefficient (Wildman–Crippen LogP) is 3.97. The maximum Gasteiger partial charge on any atom is 0.266 e. The SMILES string of the molecule is O=C1/C(=C/c2cc3c(cc2Br)OCO3)SC(=S)N1Cc1cccnc1. The largest absolute Gasteiger partial charge is 0.454 e. The molecule has 0 spiro atoms. The van der Waals surface area contributed by atoms with Crippen LogP contribution < -0.4 is 9.47 Å². The van der Waals surface area contributed by atoms with Gasteiger partial charge in [-0.3, -0.25) is 14.7 Å². The molecule has 2 aromatic rings. The molecular formula is C17H11BrN2O3S2. The van der Waals surface area contributed by atoms with Crippen LogP contribution in [0.4, 0.5) is 0 Å². The Morgan fingerprint density at radius 3 is 2.92 bits per heavy atom. The van der Waals surface area contributed by atoms with E-state index in [0.29, 0.717) is 27.3 Å². The molecule has 1 aromatic heterocycles. The molecule has 0 atom stereocenters. The number of pyridine rings is 1. The zero-order chi connectivity index (χ0) is 17.4. The highest BCUT2D eigenvalue weighted by molar-refractivity contribution is 9.10. The number of ether oxygens (including phenoxy) is 2. The van der Waals surface area contributed by atoms with Crippen LogP contribution in [0.1, 0.15) is 11.1 Å². The molecule has 0 bridgehead atoms. The lowest BCUT2D eigenvalue weighted by atomic mass is 10.2. The van der Waals surface area contributed by atoms with Crippen LogP contribution >= 0.6 is 39.9 Å². The Hall–Kier alpha value is -1.90. The van der Waals surface area contributed by atoms with Gasteiger partial charge >= 0.3 is 0 Å². The fraction of sp³-hybridized carbons (Fsp3) is 0.118. The Kier molecular flexibility index (Phi) is 4.49. The van der Waals surface area contributed by atoms with Gasteiger partial charge in [-0.1, -0.05) is 46.0 Å². The average Bonchev–Trinajstić information content (AvgIpc) is 3.16. The number of nitrogens with zero attached hydrogens (tertiary/aromatic N) is 2. The topological polar surface area (TPSA) is 51.7 Å². The Morgan fingerprint density at radius 2 is 2.16 bits per heavy atom. The summed E-state index contributed by atoms with van der Waals surface area (Å²) in [6.45, 7) is 0.622. The molecule has 126 valence electrons. The highest BCUT2D eigenvalue weighted by Gasteiger charge is 2.32. The molecule has 25 heavy (non-hydrogen) atoms. The van der Waals surface area contributed by atoms with E-state index >= 15 is 0 Å².